The molecule has 0 atom stereocenters. The van der Waals surface area contributed by atoms with Gasteiger partial charge in [-0.3, -0.25) is 14.5 Å². The van der Waals surface area contributed by atoms with E-state index in [4.69, 9.17) is 23.2 Å². The van der Waals surface area contributed by atoms with E-state index < -0.39 is 0 Å². The first kappa shape index (κ1) is 20.2. The van der Waals surface area contributed by atoms with Gasteiger partial charge in [0.15, 0.2) is 0 Å². The van der Waals surface area contributed by atoms with Gasteiger partial charge < -0.3 is 10.6 Å². The smallest absolute Gasteiger partial charge is 0.238 e. The Morgan fingerprint density at radius 3 is 1.96 bits per heavy atom. The van der Waals surface area contributed by atoms with Crippen molar-refractivity contribution in [3.05, 3.63) is 57.6 Å². The van der Waals surface area contributed by atoms with Crippen molar-refractivity contribution in [2.75, 3.05) is 30.8 Å². The fourth-order valence-corrected chi connectivity index (χ4v) is 3.09. The number of carbonyl (C=O) groups is 2. The first-order valence-electron chi connectivity index (χ1n) is 8.05. The molecule has 0 heterocycles. The lowest BCUT2D eigenvalue weighted by Crippen LogP contribution is -2.36. The zero-order chi connectivity index (χ0) is 19.3. The second-order valence-corrected chi connectivity index (χ2v) is 7.07. The highest BCUT2D eigenvalue weighted by Gasteiger charge is 2.13. The maximum atomic E-state index is 12.2. The minimum absolute atomic E-state index is 0.0598. The molecule has 2 aromatic rings. The molecule has 7 heteroatoms. The Kier molecular flexibility index (Phi) is 7.03. The van der Waals surface area contributed by atoms with Crippen molar-refractivity contribution in [2.24, 2.45) is 0 Å². The molecular formula is C19H21Cl2N3O2. The molecule has 2 N–H and O–H groups in total. The lowest BCUT2D eigenvalue weighted by Gasteiger charge is -2.17. The Bertz CT molecular complexity index is 784. The van der Waals surface area contributed by atoms with Crippen molar-refractivity contribution < 1.29 is 9.59 Å². The van der Waals surface area contributed by atoms with Gasteiger partial charge in [0.1, 0.15) is 0 Å². The van der Waals surface area contributed by atoms with E-state index in [-0.39, 0.29) is 24.9 Å². The van der Waals surface area contributed by atoms with E-state index in [0.717, 1.165) is 16.8 Å². The van der Waals surface area contributed by atoms with Gasteiger partial charge in [0.25, 0.3) is 0 Å². The van der Waals surface area contributed by atoms with Crippen LogP contribution in [-0.4, -0.2) is 36.9 Å². The van der Waals surface area contributed by atoms with Crippen molar-refractivity contribution >= 4 is 46.4 Å². The predicted molar refractivity (Wildman–Crippen MR) is 107 cm³/mol. The number of rotatable bonds is 6. The number of amides is 2. The van der Waals surface area contributed by atoms with Gasteiger partial charge in [0.2, 0.25) is 11.8 Å². The molecule has 0 saturated carbocycles. The average molecular weight is 394 g/mol. The minimum Gasteiger partial charge on any atom is -0.325 e. The number of nitrogens with zero attached hydrogens (tertiary/aromatic N) is 1. The number of halogens is 2. The number of nitrogens with one attached hydrogen (secondary N) is 2. The number of likely N-dealkylation sites (N-methyl/N-ethyl adjacent to an activating group) is 1. The summed E-state index contributed by atoms with van der Waals surface area (Å²) < 4.78 is 0. The van der Waals surface area contributed by atoms with Gasteiger partial charge in [-0.2, -0.15) is 0 Å². The van der Waals surface area contributed by atoms with E-state index in [0.29, 0.717) is 15.7 Å². The Hall–Kier alpha value is -2.08. The van der Waals surface area contributed by atoms with Crippen molar-refractivity contribution in [3.8, 4) is 0 Å². The molecule has 0 aliphatic carbocycles. The summed E-state index contributed by atoms with van der Waals surface area (Å²) in [5.74, 6) is -0.436. The summed E-state index contributed by atoms with van der Waals surface area (Å²) in [5.41, 5.74) is 3.32. The summed E-state index contributed by atoms with van der Waals surface area (Å²) >= 11 is 11.8. The molecule has 0 spiro atoms. The van der Waals surface area contributed by atoms with Crippen LogP contribution >= 0.6 is 23.2 Å². The first-order valence-corrected chi connectivity index (χ1v) is 8.80. The predicted octanol–water partition coefficient (Wildman–Crippen LogP) is 4.12. The number of anilines is 2. The molecule has 2 amide bonds. The quantitative estimate of drug-likeness (QED) is 0.775. The Balaban J connectivity index is 1.88. The van der Waals surface area contributed by atoms with Crippen LogP contribution in [0.5, 0.6) is 0 Å². The third-order valence-electron chi connectivity index (χ3n) is 3.72. The Labute approximate surface area is 163 Å². The monoisotopic (exact) mass is 393 g/mol. The third kappa shape index (κ3) is 6.02. The summed E-state index contributed by atoms with van der Waals surface area (Å²) in [7, 11) is 1.70. The fourth-order valence-electron chi connectivity index (χ4n) is 2.56. The van der Waals surface area contributed by atoms with Crippen molar-refractivity contribution in [3.63, 3.8) is 0 Å². The van der Waals surface area contributed by atoms with E-state index in [1.54, 1.807) is 30.1 Å². The number of hydrogen-bond acceptors (Lipinski definition) is 3. The van der Waals surface area contributed by atoms with Gasteiger partial charge in [-0.15, -0.1) is 0 Å². The summed E-state index contributed by atoms with van der Waals surface area (Å²) in [4.78, 5) is 26.0. The lowest BCUT2D eigenvalue weighted by atomic mass is 10.1. The van der Waals surface area contributed by atoms with Gasteiger partial charge >= 0.3 is 0 Å². The first-order chi connectivity index (χ1) is 12.2. The average Bonchev–Trinajstić information content (AvgIpc) is 2.49. The molecule has 0 saturated heterocycles. The van der Waals surface area contributed by atoms with Crippen LogP contribution in [0.15, 0.2) is 36.4 Å². The van der Waals surface area contributed by atoms with Gasteiger partial charge in [0.05, 0.1) is 13.1 Å². The molecular weight excluding hydrogens is 373 g/mol. The van der Waals surface area contributed by atoms with E-state index in [9.17, 15) is 9.59 Å². The summed E-state index contributed by atoms with van der Waals surface area (Å²) in [6, 6.07) is 10.6. The minimum atomic E-state index is -0.259. The maximum absolute atomic E-state index is 12.2. The Morgan fingerprint density at radius 2 is 1.42 bits per heavy atom. The molecule has 26 heavy (non-hydrogen) atoms. The summed E-state index contributed by atoms with van der Waals surface area (Å²) in [6.45, 7) is 4.04. The molecule has 2 rings (SSSR count). The van der Waals surface area contributed by atoms with Crippen LogP contribution < -0.4 is 10.6 Å². The van der Waals surface area contributed by atoms with Gasteiger partial charge in [-0.1, -0.05) is 41.4 Å². The van der Waals surface area contributed by atoms with E-state index >= 15 is 0 Å². The molecule has 0 bridgehead atoms. The number of carbonyl (C=O) groups excluding carboxylic acids is 2. The van der Waals surface area contributed by atoms with Crippen LogP contribution in [0.1, 0.15) is 11.1 Å². The number of aryl methyl sites for hydroxylation is 2. The SMILES string of the molecule is Cc1cccc(C)c1NC(=O)CN(C)CC(=O)Nc1cc(Cl)cc(Cl)c1. The van der Waals surface area contributed by atoms with Crippen LogP contribution in [0.3, 0.4) is 0 Å². The zero-order valence-electron chi connectivity index (χ0n) is 14.9. The maximum Gasteiger partial charge on any atom is 0.238 e. The van der Waals surface area contributed by atoms with E-state index in [2.05, 4.69) is 10.6 Å². The molecule has 0 aliphatic heterocycles. The van der Waals surface area contributed by atoms with E-state index in [1.807, 2.05) is 32.0 Å². The zero-order valence-corrected chi connectivity index (χ0v) is 16.4. The normalized spacial score (nSPS) is 10.7. The largest absolute Gasteiger partial charge is 0.325 e. The molecule has 138 valence electrons. The topological polar surface area (TPSA) is 61.4 Å². The second kappa shape index (κ2) is 9.03. The van der Waals surface area contributed by atoms with Crippen LogP contribution in [0, 0.1) is 13.8 Å². The third-order valence-corrected chi connectivity index (χ3v) is 4.16. The van der Waals surface area contributed by atoms with Crippen LogP contribution in [-0.2, 0) is 9.59 Å². The fraction of sp³-hybridized carbons (Fsp3) is 0.263. The van der Waals surface area contributed by atoms with Gasteiger partial charge in [-0.25, -0.2) is 0 Å². The molecule has 0 fully saturated rings. The van der Waals surface area contributed by atoms with Crippen LogP contribution in [0.4, 0.5) is 11.4 Å². The summed E-state index contributed by atoms with van der Waals surface area (Å²) in [5, 5.41) is 6.49. The molecule has 0 aliphatic rings. The van der Waals surface area contributed by atoms with Crippen LogP contribution in [0.2, 0.25) is 10.0 Å². The molecule has 0 radical (unpaired) electrons. The highest BCUT2D eigenvalue weighted by atomic mass is 35.5. The van der Waals surface area contributed by atoms with Gasteiger partial charge in [0, 0.05) is 21.4 Å². The second-order valence-electron chi connectivity index (χ2n) is 6.19. The highest BCUT2D eigenvalue weighted by molar-refractivity contribution is 6.35. The number of hydrogen-bond donors (Lipinski definition) is 2. The molecule has 0 unspecified atom stereocenters. The molecule has 0 aromatic heterocycles. The lowest BCUT2D eigenvalue weighted by molar-refractivity contribution is -0.119. The molecule has 5 nitrogen and oxygen atoms in total. The molecule has 2 aromatic carbocycles. The standard InChI is InChI=1S/C19H21Cl2N3O2/c1-12-5-4-6-13(2)19(12)23-18(26)11-24(3)10-17(25)22-16-8-14(20)7-15(21)9-16/h4-9H,10-11H2,1-3H3,(H,22,25)(H,23,26). The van der Waals surface area contributed by atoms with Crippen molar-refractivity contribution in [2.45, 2.75) is 13.8 Å². The van der Waals surface area contributed by atoms with Crippen molar-refractivity contribution in [1.29, 1.82) is 0 Å². The van der Waals surface area contributed by atoms with Crippen molar-refractivity contribution in [1.82, 2.24) is 4.90 Å². The highest BCUT2D eigenvalue weighted by Crippen LogP contribution is 2.22. The van der Waals surface area contributed by atoms with Crippen LogP contribution in [0.25, 0.3) is 0 Å². The van der Waals surface area contributed by atoms with E-state index in [1.165, 1.54) is 0 Å². The number of para-hydroxylation sites is 1. The summed E-state index contributed by atoms with van der Waals surface area (Å²) in [6.07, 6.45) is 0. The van der Waals surface area contributed by atoms with Gasteiger partial charge in [-0.05, 0) is 50.2 Å². The number of benzene rings is 2. The Morgan fingerprint density at radius 1 is 0.923 bits per heavy atom.